The van der Waals surface area contributed by atoms with Gasteiger partial charge in [0.25, 0.3) is 5.91 Å². The molecule has 4 nitrogen and oxygen atoms in total. The number of pyridine rings is 1. The monoisotopic (exact) mass is 369 g/mol. The molecule has 132 valence electrons. The van der Waals surface area contributed by atoms with Crippen LogP contribution in [-0.4, -0.2) is 10.9 Å². The minimum absolute atomic E-state index is 0.0460. The molecule has 0 aliphatic heterocycles. The van der Waals surface area contributed by atoms with Crippen molar-refractivity contribution in [3.63, 3.8) is 0 Å². The number of carbonyl (C=O) groups excluding carboxylic acids is 1. The van der Waals surface area contributed by atoms with Crippen molar-refractivity contribution in [2.45, 2.75) is 13.0 Å². The normalized spacial score (nSPS) is 11.7. The average molecular weight is 370 g/mol. The Labute approximate surface area is 156 Å². The fourth-order valence-corrected chi connectivity index (χ4v) is 2.62. The highest BCUT2D eigenvalue weighted by molar-refractivity contribution is 6.31. The van der Waals surface area contributed by atoms with Gasteiger partial charge in [0.15, 0.2) is 0 Å². The molecule has 1 heterocycles. The molecule has 0 spiro atoms. The van der Waals surface area contributed by atoms with Gasteiger partial charge in [0.1, 0.15) is 11.6 Å². The molecule has 3 aromatic rings. The van der Waals surface area contributed by atoms with Crippen molar-refractivity contribution < 1.29 is 9.18 Å². The zero-order chi connectivity index (χ0) is 18.5. The summed E-state index contributed by atoms with van der Waals surface area (Å²) in [6.07, 6.45) is 1.49. The summed E-state index contributed by atoms with van der Waals surface area (Å²) in [5.41, 5.74) is 1.95. The first kappa shape index (κ1) is 17.9. The second-order valence-electron chi connectivity index (χ2n) is 5.79. The van der Waals surface area contributed by atoms with Crippen molar-refractivity contribution >= 4 is 29.0 Å². The summed E-state index contributed by atoms with van der Waals surface area (Å²) < 4.78 is 13.2. The van der Waals surface area contributed by atoms with Crippen LogP contribution >= 0.6 is 11.6 Å². The first-order chi connectivity index (χ1) is 12.5. The van der Waals surface area contributed by atoms with Gasteiger partial charge in [-0.15, -0.1) is 0 Å². The molecule has 1 unspecified atom stereocenters. The van der Waals surface area contributed by atoms with E-state index in [2.05, 4.69) is 15.6 Å². The first-order valence-corrected chi connectivity index (χ1v) is 8.44. The van der Waals surface area contributed by atoms with Gasteiger partial charge in [-0.2, -0.15) is 0 Å². The van der Waals surface area contributed by atoms with Crippen LogP contribution in [0.5, 0.6) is 0 Å². The highest BCUT2D eigenvalue weighted by atomic mass is 35.5. The number of hydrogen-bond donors (Lipinski definition) is 2. The van der Waals surface area contributed by atoms with Crippen LogP contribution in [0.2, 0.25) is 5.02 Å². The molecular weight excluding hydrogens is 353 g/mol. The Kier molecular flexibility index (Phi) is 5.49. The van der Waals surface area contributed by atoms with Crippen LogP contribution in [0, 0.1) is 5.82 Å². The number of rotatable bonds is 5. The summed E-state index contributed by atoms with van der Waals surface area (Å²) in [5, 5.41) is 5.90. The Morgan fingerprint density at radius 3 is 2.54 bits per heavy atom. The second kappa shape index (κ2) is 7.97. The van der Waals surface area contributed by atoms with Crippen LogP contribution < -0.4 is 10.6 Å². The van der Waals surface area contributed by atoms with Crippen molar-refractivity contribution in [2.75, 3.05) is 10.6 Å². The van der Waals surface area contributed by atoms with Crippen LogP contribution in [0.1, 0.15) is 28.9 Å². The van der Waals surface area contributed by atoms with E-state index in [1.807, 2.05) is 37.3 Å². The highest BCUT2D eigenvalue weighted by Crippen LogP contribution is 2.21. The molecule has 1 atom stereocenters. The zero-order valence-corrected chi connectivity index (χ0v) is 14.8. The molecule has 0 radical (unpaired) electrons. The molecule has 2 aromatic carbocycles. The van der Waals surface area contributed by atoms with Gasteiger partial charge in [-0.05, 0) is 42.8 Å². The molecule has 0 aliphatic carbocycles. The molecule has 0 aliphatic rings. The van der Waals surface area contributed by atoms with Crippen molar-refractivity contribution in [1.29, 1.82) is 0 Å². The van der Waals surface area contributed by atoms with Crippen molar-refractivity contribution in [2.24, 2.45) is 0 Å². The number of aromatic nitrogens is 1. The van der Waals surface area contributed by atoms with E-state index in [9.17, 15) is 9.18 Å². The van der Waals surface area contributed by atoms with Crippen LogP contribution in [0.15, 0.2) is 66.9 Å². The quantitative estimate of drug-likeness (QED) is 0.641. The molecule has 0 saturated heterocycles. The number of carbonyl (C=O) groups is 1. The Morgan fingerprint density at radius 1 is 1.12 bits per heavy atom. The maximum absolute atomic E-state index is 13.2. The molecule has 3 rings (SSSR count). The smallest absolute Gasteiger partial charge is 0.257 e. The summed E-state index contributed by atoms with van der Waals surface area (Å²) in [4.78, 5) is 16.5. The van der Waals surface area contributed by atoms with E-state index in [-0.39, 0.29) is 17.0 Å². The summed E-state index contributed by atoms with van der Waals surface area (Å²) in [6, 6.07) is 17.5. The second-order valence-corrected chi connectivity index (χ2v) is 6.20. The maximum atomic E-state index is 13.2. The van der Waals surface area contributed by atoms with E-state index in [0.717, 1.165) is 5.56 Å². The van der Waals surface area contributed by atoms with E-state index in [4.69, 9.17) is 11.6 Å². The first-order valence-electron chi connectivity index (χ1n) is 8.07. The van der Waals surface area contributed by atoms with Crippen LogP contribution in [0.3, 0.4) is 0 Å². The SMILES string of the molecule is CC(Nc1ccc(C(=O)Nc2ccc(F)c(Cl)c2)cn1)c1ccccc1. The fraction of sp³-hybridized carbons (Fsp3) is 0.100. The third kappa shape index (κ3) is 4.37. The molecule has 0 bridgehead atoms. The van der Waals surface area contributed by atoms with Crippen molar-refractivity contribution in [3.8, 4) is 0 Å². The molecule has 6 heteroatoms. The zero-order valence-electron chi connectivity index (χ0n) is 14.0. The lowest BCUT2D eigenvalue weighted by atomic mass is 10.1. The van der Waals surface area contributed by atoms with E-state index in [1.165, 1.54) is 24.4 Å². The lowest BCUT2D eigenvalue weighted by molar-refractivity contribution is 0.102. The van der Waals surface area contributed by atoms with E-state index < -0.39 is 5.82 Å². The molecule has 26 heavy (non-hydrogen) atoms. The standard InChI is InChI=1S/C20H17ClFN3O/c1-13(14-5-3-2-4-6-14)24-19-10-7-15(12-23-19)20(26)25-16-8-9-18(22)17(21)11-16/h2-13H,1H3,(H,23,24)(H,25,26). The van der Waals surface area contributed by atoms with Crippen molar-refractivity contribution in [1.82, 2.24) is 4.98 Å². The topological polar surface area (TPSA) is 54.0 Å². The molecule has 0 fully saturated rings. The molecule has 2 N–H and O–H groups in total. The van der Waals surface area contributed by atoms with Gasteiger partial charge in [0.05, 0.1) is 10.6 Å². The number of benzene rings is 2. The minimum atomic E-state index is -0.533. The molecule has 0 saturated carbocycles. The Balaban J connectivity index is 1.65. The van der Waals surface area contributed by atoms with Gasteiger partial charge in [0, 0.05) is 17.9 Å². The van der Waals surface area contributed by atoms with Gasteiger partial charge >= 0.3 is 0 Å². The Bertz CT molecular complexity index is 901. The summed E-state index contributed by atoms with van der Waals surface area (Å²) in [5.74, 6) is -0.208. The lowest BCUT2D eigenvalue weighted by Gasteiger charge is -2.15. The van der Waals surface area contributed by atoms with Gasteiger partial charge in [-0.25, -0.2) is 9.37 Å². The number of nitrogens with zero attached hydrogens (tertiary/aromatic N) is 1. The summed E-state index contributed by atoms with van der Waals surface area (Å²) in [7, 11) is 0. The van der Waals surface area contributed by atoms with Gasteiger partial charge in [-0.1, -0.05) is 41.9 Å². The number of halogens is 2. The van der Waals surface area contributed by atoms with Gasteiger partial charge < -0.3 is 10.6 Å². The summed E-state index contributed by atoms with van der Waals surface area (Å²) >= 11 is 5.72. The van der Waals surface area contributed by atoms with Crippen molar-refractivity contribution in [3.05, 3.63) is 88.8 Å². The summed E-state index contributed by atoms with van der Waals surface area (Å²) in [6.45, 7) is 2.04. The molecule has 1 amide bonds. The number of nitrogens with one attached hydrogen (secondary N) is 2. The van der Waals surface area contributed by atoms with Crippen LogP contribution in [0.4, 0.5) is 15.9 Å². The fourth-order valence-electron chi connectivity index (χ4n) is 2.44. The van der Waals surface area contributed by atoms with E-state index >= 15 is 0 Å². The van der Waals surface area contributed by atoms with E-state index in [1.54, 1.807) is 12.1 Å². The maximum Gasteiger partial charge on any atom is 0.257 e. The van der Waals surface area contributed by atoms with E-state index in [0.29, 0.717) is 17.1 Å². The minimum Gasteiger partial charge on any atom is -0.364 e. The number of hydrogen-bond acceptors (Lipinski definition) is 3. The number of anilines is 2. The number of amides is 1. The highest BCUT2D eigenvalue weighted by Gasteiger charge is 2.10. The molecular formula is C20H17ClFN3O. The Morgan fingerprint density at radius 2 is 1.88 bits per heavy atom. The van der Waals surface area contributed by atoms with Gasteiger partial charge in [0.2, 0.25) is 0 Å². The largest absolute Gasteiger partial charge is 0.364 e. The molecule has 1 aromatic heterocycles. The van der Waals surface area contributed by atoms with Crippen LogP contribution in [-0.2, 0) is 0 Å². The lowest BCUT2D eigenvalue weighted by Crippen LogP contribution is -2.13. The average Bonchev–Trinajstić information content (AvgIpc) is 2.66. The third-order valence-electron chi connectivity index (χ3n) is 3.87. The Hall–Kier alpha value is -2.92. The predicted molar refractivity (Wildman–Crippen MR) is 102 cm³/mol. The third-order valence-corrected chi connectivity index (χ3v) is 4.16. The van der Waals surface area contributed by atoms with Crippen LogP contribution in [0.25, 0.3) is 0 Å². The predicted octanol–water partition coefficient (Wildman–Crippen LogP) is 5.30. The van der Waals surface area contributed by atoms with Gasteiger partial charge in [-0.3, -0.25) is 4.79 Å².